The molecule has 1 atom stereocenters. The molecule has 3 aromatic carbocycles. The number of nitrogens with zero attached hydrogens (tertiary/aromatic N) is 1. The van der Waals surface area contributed by atoms with E-state index in [1.807, 2.05) is 113 Å². The van der Waals surface area contributed by atoms with Crippen LogP contribution in [0.1, 0.15) is 43.0 Å². The van der Waals surface area contributed by atoms with E-state index in [1.54, 1.807) is 4.90 Å². The molecule has 0 unspecified atom stereocenters. The van der Waals surface area contributed by atoms with E-state index in [-0.39, 0.29) is 17.6 Å². The molecule has 5 heteroatoms. The van der Waals surface area contributed by atoms with E-state index in [9.17, 15) is 9.59 Å². The molecule has 0 radical (unpaired) electrons. The van der Waals surface area contributed by atoms with Gasteiger partial charge in [0.1, 0.15) is 6.04 Å². The predicted molar refractivity (Wildman–Crippen MR) is 145 cm³/mol. The maximum absolute atomic E-state index is 13.7. The lowest BCUT2D eigenvalue weighted by molar-refractivity contribution is -0.140. The van der Waals surface area contributed by atoms with Crippen LogP contribution in [0.4, 0.5) is 0 Å². The molecule has 35 heavy (non-hydrogen) atoms. The second kappa shape index (κ2) is 12.1. The van der Waals surface area contributed by atoms with E-state index >= 15 is 0 Å². The zero-order chi connectivity index (χ0) is 25.4. The molecule has 0 saturated heterocycles. The predicted octanol–water partition coefficient (Wildman–Crippen LogP) is 5.95. The Balaban J connectivity index is 1.91. The maximum Gasteiger partial charge on any atom is 0.243 e. The van der Waals surface area contributed by atoms with E-state index in [1.165, 1.54) is 17.3 Å². The van der Waals surface area contributed by atoms with Crippen molar-refractivity contribution in [2.24, 2.45) is 0 Å². The Morgan fingerprint density at radius 1 is 0.829 bits per heavy atom. The molecule has 0 fully saturated rings. The number of hydrogen-bond donors (Lipinski definition) is 1. The first-order valence-corrected chi connectivity index (χ1v) is 13.0. The van der Waals surface area contributed by atoms with Crippen molar-refractivity contribution in [2.45, 2.75) is 64.1 Å². The second-order valence-electron chi connectivity index (χ2n) is 10.1. The Morgan fingerprint density at radius 2 is 1.40 bits per heavy atom. The topological polar surface area (TPSA) is 49.4 Å². The van der Waals surface area contributed by atoms with Crippen molar-refractivity contribution in [2.75, 3.05) is 5.75 Å². The van der Waals surface area contributed by atoms with Crippen LogP contribution >= 0.6 is 11.8 Å². The van der Waals surface area contributed by atoms with Crippen LogP contribution in [-0.2, 0) is 22.6 Å². The van der Waals surface area contributed by atoms with Crippen molar-refractivity contribution in [1.82, 2.24) is 10.2 Å². The summed E-state index contributed by atoms with van der Waals surface area (Å²) >= 11 is 1.50. The molecule has 1 N–H and O–H groups in total. The van der Waals surface area contributed by atoms with Crippen molar-refractivity contribution in [3.05, 3.63) is 101 Å². The van der Waals surface area contributed by atoms with Crippen molar-refractivity contribution in [3.63, 3.8) is 0 Å². The van der Waals surface area contributed by atoms with Gasteiger partial charge in [0.25, 0.3) is 0 Å². The smallest absolute Gasteiger partial charge is 0.243 e. The minimum absolute atomic E-state index is 0.0545. The van der Waals surface area contributed by atoms with E-state index < -0.39 is 11.6 Å². The molecule has 0 heterocycles. The van der Waals surface area contributed by atoms with Gasteiger partial charge in [-0.1, -0.05) is 77.9 Å². The van der Waals surface area contributed by atoms with Gasteiger partial charge in [-0.2, -0.15) is 0 Å². The SMILES string of the molecule is Cc1ccc(CN(C(=O)CSc2ccc(C)cc2)[C@H](Cc2ccccc2)C(=O)NC(C)(C)C)cc1. The molecule has 0 aliphatic heterocycles. The van der Waals surface area contributed by atoms with Crippen molar-refractivity contribution < 1.29 is 9.59 Å². The van der Waals surface area contributed by atoms with Crippen LogP contribution in [0.15, 0.2) is 83.8 Å². The molecule has 0 spiro atoms. The zero-order valence-electron chi connectivity index (χ0n) is 21.4. The Hall–Kier alpha value is -3.05. The summed E-state index contributed by atoms with van der Waals surface area (Å²) in [5.41, 5.74) is 3.97. The van der Waals surface area contributed by atoms with Crippen LogP contribution in [0.2, 0.25) is 0 Å². The van der Waals surface area contributed by atoms with Gasteiger partial charge in [-0.05, 0) is 57.9 Å². The molecule has 0 aliphatic carbocycles. The van der Waals surface area contributed by atoms with Gasteiger partial charge in [-0.25, -0.2) is 0 Å². The normalized spacial score (nSPS) is 12.1. The fourth-order valence-electron chi connectivity index (χ4n) is 3.76. The standard InChI is InChI=1S/C30H36N2O2S/c1-22-11-15-25(16-12-22)20-32(28(33)21-35-26-17-13-23(2)14-18-26)27(29(34)31-30(3,4)5)19-24-9-7-6-8-10-24/h6-18,27H,19-21H2,1-5H3,(H,31,34)/t27-/m1/s1. The number of thioether (sulfide) groups is 1. The molecule has 0 aliphatic rings. The van der Waals surface area contributed by atoms with Gasteiger partial charge in [0.05, 0.1) is 5.75 Å². The number of aryl methyl sites for hydroxylation is 2. The van der Waals surface area contributed by atoms with Crippen LogP contribution < -0.4 is 5.32 Å². The molecule has 0 aromatic heterocycles. The third kappa shape index (κ3) is 8.59. The average Bonchev–Trinajstić information content (AvgIpc) is 2.81. The fourth-order valence-corrected chi connectivity index (χ4v) is 4.54. The minimum Gasteiger partial charge on any atom is -0.350 e. The largest absolute Gasteiger partial charge is 0.350 e. The lowest BCUT2D eigenvalue weighted by Crippen LogP contribution is -2.54. The number of nitrogens with one attached hydrogen (secondary N) is 1. The molecule has 3 rings (SSSR count). The summed E-state index contributed by atoms with van der Waals surface area (Å²) in [7, 11) is 0. The van der Waals surface area contributed by atoms with Gasteiger partial charge in [0.15, 0.2) is 0 Å². The molecule has 4 nitrogen and oxygen atoms in total. The highest BCUT2D eigenvalue weighted by molar-refractivity contribution is 8.00. The molecule has 0 bridgehead atoms. The van der Waals surface area contributed by atoms with Crippen LogP contribution in [0.25, 0.3) is 0 Å². The van der Waals surface area contributed by atoms with E-state index in [2.05, 4.69) is 5.32 Å². The van der Waals surface area contributed by atoms with Gasteiger partial charge >= 0.3 is 0 Å². The molecule has 184 valence electrons. The molecule has 2 amide bonds. The van der Waals surface area contributed by atoms with Crippen molar-refractivity contribution in [1.29, 1.82) is 0 Å². The van der Waals surface area contributed by atoms with Gasteiger partial charge in [-0.3, -0.25) is 9.59 Å². The number of carbonyl (C=O) groups excluding carboxylic acids is 2. The summed E-state index contributed by atoms with van der Waals surface area (Å²) in [5.74, 6) is 0.0755. The third-order valence-electron chi connectivity index (χ3n) is 5.63. The highest BCUT2D eigenvalue weighted by atomic mass is 32.2. The number of carbonyl (C=O) groups is 2. The highest BCUT2D eigenvalue weighted by Crippen LogP contribution is 2.22. The molecule has 0 saturated carbocycles. The highest BCUT2D eigenvalue weighted by Gasteiger charge is 2.32. The Bertz CT molecular complexity index is 1100. The first kappa shape index (κ1) is 26.6. The lowest BCUT2D eigenvalue weighted by Gasteiger charge is -2.34. The number of hydrogen-bond acceptors (Lipinski definition) is 3. The van der Waals surface area contributed by atoms with Crippen LogP contribution in [0.3, 0.4) is 0 Å². The Labute approximate surface area is 214 Å². The van der Waals surface area contributed by atoms with Gasteiger partial charge in [-0.15, -0.1) is 11.8 Å². The molecular formula is C30H36N2O2S. The van der Waals surface area contributed by atoms with E-state index in [4.69, 9.17) is 0 Å². The summed E-state index contributed by atoms with van der Waals surface area (Å²) in [5, 5.41) is 3.11. The summed E-state index contributed by atoms with van der Waals surface area (Å²) in [4.78, 5) is 30.0. The lowest BCUT2D eigenvalue weighted by atomic mass is 10.0. The van der Waals surface area contributed by atoms with Crippen molar-refractivity contribution >= 4 is 23.6 Å². The maximum atomic E-state index is 13.7. The molecule has 3 aromatic rings. The van der Waals surface area contributed by atoms with Gasteiger partial charge in [0.2, 0.25) is 11.8 Å². The Morgan fingerprint density at radius 3 is 1.97 bits per heavy atom. The number of benzene rings is 3. The third-order valence-corrected chi connectivity index (χ3v) is 6.62. The Kier molecular flexibility index (Phi) is 9.16. The summed E-state index contributed by atoms with van der Waals surface area (Å²) < 4.78 is 0. The minimum atomic E-state index is -0.621. The monoisotopic (exact) mass is 488 g/mol. The van der Waals surface area contributed by atoms with Gasteiger partial charge < -0.3 is 10.2 Å². The van der Waals surface area contributed by atoms with Crippen LogP contribution in [0, 0.1) is 13.8 Å². The summed E-state index contributed by atoms with van der Waals surface area (Å²) in [6, 6.07) is 25.6. The van der Waals surface area contributed by atoms with Gasteiger partial charge in [0, 0.05) is 23.4 Å². The first-order valence-electron chi connectivity index (χ1n) is 12.0. The fraction of sp³-hybridized carbons (Fsp3) is 0.333. The first-order chi connectivity index (χ1) is 16.6. The number of amides is 2. The van der Waals surface area contributed by atoms with Crippen LogP contribution in [-0.4, -0.2) is 34.0 Å². The second-order valence-corrected chi connectivity index (χ2v) is 11.1. The van der Waals surface area contributed by atoms with E-state index in [0.29, 0.717) is 13.0 Å². The van der Waals surface area contributed by atoms with Crippen molar-refractivity contribution in [3.8, 4) is 0 Å². The van der Waals surface area contributed by atoms with E-state index in [0.717, 1.165) is 21.6 Å². The molecular weight excluding hydrogens is 452 g/mol. The quantitative estimate of drug-likeness (QED) is 0.379. The average molecular weight is 489 g/mol. The summed E-state index contributed by atoms with van der Waals surface area (Å²) in [6.45, 7) is 10.4. The number of rotatable bonds is 9. The zero-order valence-corrected chi connectivity index (χ0v) is 22.2. The van der Waals surface area contributed by atoms with Crippen LogP contribution in [0.5, 0.6) is 0 Å². The summed E-state index contributed by atoms with van der Waals surface area (Å²) in [6.07, 6.45) is 0.454.